The van der Waals surface area contributed by atoms with E-state index in [-0.39, 0.29) is 10.7 Å². The number of hydrogen-bond donors (Lipinski definition) is 1. The Balaban J connectivity index is 3.09. The van der Waals surface area contributed by atoms with Gasteiger partial charge in [0.05, 0.1) is 10.9 Å². The Morgan fingerprint density at radius 1 is 1.62 bits per heavy atom. The Bertz CT molecular complexity index is 336. The maximum absolute atomic E-state index is 13.2. The summed E-state index contributed by atoms with van der Waals surface area (Å²) in [7, 11) is 0. The molecule has 4 heteroatoms. The number of halogens is 2. The van der Waals surface area contributed by atoms with Gasteiger partial charge in [-0.25, -0.2) is 9.38 Å². The second-order valence-corrected chi connectivity index (χ2v) is 2.94. The monoisotopic (exact) mass is 200 g/mol. The number of benzene rings is 1. The van der Waals surface area contributed by atoms with Crippen LogP contribution in [0.5, 0.6) is 0 Å². The molecule has 0 saturated carbocycles. The Morgan fingerprint density at radius 2 is 2.31 bits per heavy atom. The molecule has 0 spiro atoms. The standard InChI is InChI=1S/C9H10ClFN2/c1-2-8(12)13-7-5-3-4-6(10)9(7)11/h3-5H,2H2,1H3,(H2,12,13). The van der Waals surface area contributed by atoms with Crippen molar-refractivity contribution in [3.05, 3.63) is 29.0 Å². The predicted molar refractivity (Wildman–Crippen MR) is 53.0 cm³/mol. The number of rotatable bonds is 2. The van der Waals surface area contributed by atoms with Gasteiger partial charge in [-0.05, 0) is 12.1 Å². The van der Waals surface area contributed by atoms with Crippen molar-refractivity contribution in [2.24, 2.45) is 10.7 Å². The topological polar surface area (TPSA) is 38.4 Å². The average molecular weight is 201 g/mol. The van der Waals surface area contributed by atoms with Crippen molar-refractivity contribution in [3.8, 4) is 0 Å². The summed E-state index contributed by atoms with van der Waals surface area (Å²) >= 11 is 5.56. The summed E-state index contributed by atoms with van der Waals surface area (Å²) in [6, 6.07) is 4.63. The number of amidine groups is 1. The fourth-order valence-corrected chi connectivity index (χ4v) is 0.982. The molecular formula is C9H10ClFN2. The molecule has 0 saturated heterocycles. The summed E-state index contributed by atoms with van der Waals surface area (Å²) in [6.07, 6.45) is 0.589. The van der Waals surface area contributed by atoms with E-state index in [0.717, 1.165) is 0 Å². The van der Waals surface area contributed by atoms with E-state index in [4.69, 9.17) is 17.3 Å². The summed E-state index contributed by atoms with van der Waals surface area (Å²) in [5, 5.41) is 0.0603. The first-order valence-electron chi connectivity index (χ1n) is 3.92. The minimum atomic E-state index is -0.527. The Labute approximate surface area is 81.2 Å². The lowest BCUT2D eigenvalue weighted by atomic mass is 10.3. The summed E-state index contributed by atoms with van der Waals surface area (Å²) < 4.78 is 13.2. The quantitative estimate of drug-likeness (QED) is 0.579. The second-order valence-electron chi connectivity index (χ2n) is 2.53. The van der Waals surface area contributed by atoms with Crippen molar-refractivity contribution in [1.29, 1.82) is 0 Å². The van der Waals surface area contributed by atoms with Gasteiger partial charge in [-0.1, -0.05) is 24.6 Å². The third kappa shape index (κ3) is 2.42. The molecule has 2 nitrogen and oxygen atoms in total. The van der Waals surface area contributed by atoms with Crippen LogP contribution in [0.4, 0.5) is 10.1 Å². The molecule has 0 aliphatic heterocycles. The van der Waals surface area contributed by atoms with Gasteiger partial charge in [0.15, 0.2) is 5.82 Å². The predicted octanol–water partition coefficient (Wildman–Crippen LogP) is 2.88. The average Bonchev–Trinajstić information content (AvgIpc) is 2.13. The van der Waals surface area contributed by atoms with Crippen LogP contribution in [0.25, 0.3) is 0 Å². The fourth-order valence-electron chi connectivity index (χ4n) is 0.813. The third-order valence-corrected chi connectivity index (χ3v) is 1.85. The normalized spacial score (nSPS) is 11.8. The smallest absolute Gasteiger partial charge is 0.167 e. The highest BCUT2D eigenvalue weighted by Gasteiger charge is 2.04. The molecule has 0 bridgehead atoms. The maximum atomic E-state index is 13.2. The second kappa shape index (κ2) is 4.23. The van der Waals surface area contributed by atoms with Crippen molar-refractivity contribution in [2.75, 3.05) is 0 Å². The molecule has 0 amide bonds. The molecule has 70 valence electrons. The number of nitrogens with two attached hydrogens (primary N) is 1. The minimum absolute atomic E-state index is 0.0603. The van der Waals surface area contributed by atoms with Crippen molar-refractivity contribution in [3.63, 3.8) is 0 Å². The summed E-state index contributed by atoms with van der Waals surface area (Å²) in [5.41, 5.74) is 5.65. The maximum Gasteiger partial charge on any atom is 0.167 e. The molecule has 13 heavy (non-hydrogen) atoms. The Morgan fingerprint density at radius 3 is 2.92 bits per heavy atom. The molecule has 0 atom stereocenters. The van der Waals surface area contributed by atoms with E-state index in [1.807, 2.05) is 6.92 Å². The van der Waals surface area contributed by atoms with Gasteiger partial charge < -0.3 is 5.73 Å². The molecule has 0 aliphatic carbocycles. The van der Waals surface area contributed by atoms with E-state index >= 15 is 0 Å². The molecule has 1 aromatic rings. The largest absolute Gasteiger partial charge is 0.387 e. The highest BCUT2D eigenvalue weighted by atomic mass is 35.5. The van der Waals surface area contributed by atoms with Crippen LogP contribution in [-0.2, 0) is 0 Å². The lowest BCUT2D eigenvalue weighted by Crippen LogP contribution is -2.08. The lowest BCUT2D eigenvalue weighted by Gasteiger charge is -1.99. The van der Waals surface area contributed by atoms with Gasteiger partial charge in [-0.3, -0.25) is 0 Å². The third-order valence-electron chi connectivity index (χ3n) is 1.56. The molecule has 0 heterocycles. The van der Waals surface area contributed by atoms with E-state index in [0.29, 0.717) is 12.3 Å². The molecule has 0 aromatic heterocycles. The molecular weight excluding hydrogens is 191 g/mol. The summed E-state index contributed by atoms with van der Waals surface area (Å²) in [4.78, 5) is 3.87. The first kappa shape index (κ1) is 9.99. The molecule has 1 rings (SSSR count). The van der Waals surface area contributed by atoms with Crippen LogP contribution in [0.1, 0.15) is 13.3 Å². The summed E-state index contributed by atoms with van der Waals surface area (Å²) in [6.45, 7) is 1.85. The highest BCUT2D eigenvalue weighted by molar-refractivity contribution is 6.31. The first-order chi connectivity index (χ1) is 6.15. The highest BCUT2D eigenvalue weighted by Crippen LogP contribution is 2.24. The van der Waals surface area contributed by atoms with Gasteiger partial charge in [-0.2, -0.15) is 0 Å². The van der Waals surface area contributed by atoms with Crippen LogP contribution in [0.15, 0.2) is 23.2 Å². The minimum Gasteiger partial charge on any atom is -0.387 e. The molecule has 1 aromatic carbocycles. The van der Waals surface area contributed by atoms with Crippen LogP contribution in [0, 0.1) is 5.82 Å². The molecule has 0 radical (unpaired) electrons. The van der Waals surface area contributed by atoms with Gasteiger partial charge >= 0.3 is 0 Å². The van der Waals surface area contributed by atoms with Gasteiger partial charge in [0.2, 0.25) is 0 Å². The molecule has 0 fully saturated rings. The number of hydrogen-bond acceptors (Lipinski definition) is 1. The molecule has 0 unspecified atom stereocenters. The fraction of sp³-hybridized carbons (Fsp3) is 0.222. The van der Waals surface area contributed by atoms with E-state index in [2.05, 4.69) is 4.99 Å². The van der Waals surface area contributed by atoms with Gasteiger partial charge in [0.25, 0.3) is 0 Å². The summed E-state index contributed by atoms with van der Waals surface area (Å²) in [5.74, 6) is -0.137. The van der Waals surface area contributed by atoms with Gasteiger partial charge in [0, 0.05) is 6.42 Å². The Kier molecular flexibility index (Phi) is 3.25. The van der Waals surface area contributed by atoms with Crippen LogP contribution in [0.3, 0.4) is 0 Å². The zero-order valence-corrected chi connectivity index (χ0v) is 7.98. The molecule has 0 aliphatic rings. The van der Waals surface area contributed by atoms with E-state index in [1.165, 1.54) is 12.1 Å². The van der Waals surface area contributed by atoms with Crippen LogP contribution < -0.4 is 5.73 Å². The van der Waals surface area contributed by atoms with E-state index < -0.39 is 5.82 Å². The first-order valence-corrected chi connectivity index (χ1v) is 4.30. The molecule has 2 N–H and O–H groups in total. The van der Waals surface area contributed by atoms with Crippen molar-refractivity contribution < 1.29 is 4.39 Å². The van der Waals surface area contributed by atoms with Gasteiger partial charge in [-0.15, -0.1) is 0 Å². The van der Waals surface area contributed by atoms with Crippen LogP contribution >= 0.6 is 11.6 Å². The van der Waals surface area contributed by atoms with Crippen LogP contribution in [0.2, 0.25) is 5.02 Å². The van der Waals surface area contributed by atoms with E-state index in [1.54, 1.807) is 6.07 Å². The lowest BCUT2D eigenvalue weighted by molar-refractivity contribution is 0.630. The SMILES string of the molecule is CCC(N)=Nc1cccc(Cl)c1F. The Hall–Kier alpha value is -1.09. The van der Waals surface area contributed by atoms with Crippen molar-refractivity contribution in [2.45, 2.75) is 13.3 Å². The number of aliphatic imine (C=N–C) groups is 1. The van der Waals surface area contributed by atoms with E-state index in [9.17, 15) is 4.39 Å². The number of nitrogens with zero attached hydrogens (tertiary/aromatic N) is 1. The van der Waals surface area contributed by atoms with Crippen molar-refractivity contribution in [1.82, 2.24) is 0 Å². The van der Waals surface area contributed by atoms with Crippen LogP contribution in [-0.4, -0.2) is 5.84 Å². The zero-order valence-electron chi connectivity index (χ0n) is 7.22. The zero-order chi connectivity index (χ0) is 9.84. The van der Waals surface area contributed by atoms with Gasteiger partial charge in [0.1, 0.15) is 5.69 Å². The van der Waals surface area contributed by atoms with Crippen molar-refractivity contribution >= 4 is 23.1 Å².